The monoisotopic (exact) mass is 202 g/mol. The van der Waals surface area contributed by atoms with Crippen molar-refractivity contribution in [1.82, 2.24) is 0 Å². The Kier molecular flexibility index (Phi) is 4.68. The van der Waals surface area contributed by atoms with E-state index in [0.717, 1.165) is 5.56 Å². The van der Waals surface area contributed by atoms with Gasteiger partial charge in [-0.25, -0.2) is 0 Å². The molecule has 1 aromatic carbocycles. The lowest BCUT2D eigenvalue weighted by Crippen LogP contribution is -2.06. The summed E-state index contributed by atoms with van der Waals surface area (Å²) in [5.74, 6) is 0. The second-order valence-corrected chi connectivity index (χ2v) is 2.60. The summed E-state index contributed by atoms with van der Waals surface area (Å²) in [6.07, 6.45) is 0. The standard InChI is InChI=1S/C8H7ClN2.ClH/c9-7-3-1-2-6(4-7)8(11)5-10;/h1-4,8H,11H2;1H/t8-;/m0./s1. The molecule has 0 amide bonds. The highest BCUT2D eigenvalue weighted by Gasteiger charge is 2.02. The second-order valence-electron chi connectivity index (χ2n) is 2.16. The molecule has 1 rings (SSSR count). The van der Waals surface area contributed by atoms with Crippen molar-refractivity contribution in [2.45, 2.75) is 6.04 Å². The largest absolute Gasteiger partial charge is 0.312 e. The fourth-order valence-corrected chi connectivity index (χ4v) is 0.973. The number of nitrogens with zero attached hydrogens (tertiary/aromatic N) is 1. The number of hydrogen-bond acceptors (Lipinski definition) is 2. The van der Waals surface area contributed by atoms with E-state index in [9.17, 15) is 0 Å². The summed E-state index contributed by atoms with van der Waals surface area (Å²) in [5.41, 5.74) is 6.19. The highest BCUT2D eigenvalue weighted by molar-refractivity contribution is 6.30. The van der Waals surface area contributed by atoms with E-state index in [-0.39, 0.29) is 12.4 Å². The molecule has 0 aromatic heterocycles. The van der Waals surface area contributed by atoms with Crippen LogP contribution in [-0.2, 0) is 0 Å². The number of nitrogens with two attached hydrogens (primary N) is 1. The Labute approximate surface area is 82.4 Å². The molecule has 0 radical (unpaired) electrons. The average molecular weight is 203 g/mol. The van der Waals surface area contributed by atoms with Crippen molar-refractivity contribution in [3.63, 3.8) is 0 Å². The molecule has 0 heterocycles. The van der Waals surface area contributed by atoms with Gasteiger partial charge in [0.1, 0.15) is 6.04 Å². The zero-order valence-corrected chi connectivity index (χ0v) is 7.77. The molecule has 0 aliphatic rings. The first-order valence-corrected chi connectivity index (χ1v) is 3.52. The third-order valence-corrected chi connectivity index (χ3v) is 1.58. The summed E-state index contributed by atoms with van der Waals surface area (Å²) < 4.78 is 0. The molecule has 12 heavy (non-hydrogen) atoms. The van der Waals surface area contributed by atoms with Crippen molar-refractivity contribution < 1.29 is 0 Å². The Morgan fingerprint density at radius 2 is 2.17 bits per heavy atom. The van der Waals surface area contributed by atoms with E-state index in [4.69, 9.17) is 22.6 Å². The van der Waals surface area contributed by atoms with Gasteiger partial charge in [0.2, 0.25) is 0 Å². The minimum absolute atomic E-state index is 0. The van der Waals surface area contributed by atoms with Gasteiger partial charge in [-0.3, -0.25) is 0 Å². The zero-order chi connectivity index (χ0) is 8.27. The van der Waals surface area contributed by atoms with Gasteiger partial charge in [0, 0.05) is 5.02 Å². The van der Waals surface area contributed by atoms with Crippen molar-refractivity contribution in [3.05, 3.63) is 34.9 Å². The van der Waals surface area contributed by atoms with Crippen LogP contribution in [0, 0.1) is 11.3 Å². The van der Waals surface area contributed by atoms with Crippen LogP contribution in [0.3, 0.4) is 0 Å². The van der Waals surface area contributed by atoms with E-state index in [1.54, 1.807) is 24.3 Å². The van der Waals surface area contributed by atoms with Crippen molar-refractivity contribution in [3.8, 4) is 6.07 Å². The van der Waals surface area contributed by atoms with Gasteiger partial charge in [0.25, 0.3) is 0 Å². The lowest BCUT2D eigenvalue weighted by Gasteiger charge is -2.01. The van der Waals surface area contributed by atoms with Gasteiger partial charge < -0.3 is 5.73 Å². The first-order chi connectivity index (χ1) is 5.24. The van der Waals surface area contributed by atoms with Gasteiger partial charge in [0.15, 0.2) is 0 Å². The molecule has 0 bridgehead atoms. The number of benzene rings is 1. The summed E-state index contributed by atoms with van der Waals surface area (Å²) in [6, 6.07) is 8.34. The van der Waals surface area contributed by atoms with Crippen LogP contribution in [0.15, 0.2) is 24.3 Å². The fourth-order valence-electron chi connectivity index (χ4n) is 0.775. The molecule has 64 valence electrons. The maximum atomic E-state index is 8.46. The normalized spacial score (nSPS) is 11.1. The predicted molar refractivity (Wildman–Crippen MR) is 51.2 cm³/mol. The first kappa shape index (κ1) is 11.2. The van der Waals surface area contributed by atoms with Crippen LogP contribution in [-0.4, -0.2) is 0 Å². The van der Waals surface area contributed by atoms with Crippen LogP contribution >= 0.6 is 24.0 Å². The third kappa shape index (κ3) is 2.71. The summed E-state index contributed by atoms with van der Waals surface area (Å²) in [4.78, 5) is 0. The van der Waals surface area contributed by atoms with Crippen LogP contribution in [0.4, 0.5) is 0 Å². The smallest absolute Gasteiger partial charge is 0.118 e. The zero-order valence-electron chi connectivity index (χ0n) is 6.20. The average Bonchev–Trinajstić information content (AvgIpc) is 2.03. The molecule has 0 fully saturated rings. The highest BCUT2D eigenvalue weighted by Crippen LogP contribution is 2.14. The van der Waals surface area contributed by atoms with E-state index in [1.165, 1.54) is 0 Å². The summed E-state index contributed by atoms with van der Waals surface area (Å²) in [6.45, 7) is 0. The van der Waals surface area contributed by atoms with Crippen molar-refractivity contribution >= 4 is 24.0 Å². The number of halogens is 2. The highest BCUT2D eigenvalue weighted by atomic mass is 35.5. The van der Waals surface area contributed by atoms with Gasteiger partial charge in [-0.15, -0.1) is 12.4 Å². The lowest BCUT2D eigenvalue weighted by molar-refractivity contribution is 0.926. The molecule has 0 saturated heterocycles. The van der Waals surface area contributed by atoms with E-state index in [0.29, 0.717) is 5.02 Å². The maximum absolute atomic E-state index is 8.46. The van der Waals surface area contributed by atoms with Crippen molar-refractivity contribution in [2.24, 2.45) is 5.73 Å². The van der Waals surface area contributed by atoms with Crippen molar-refractivity contribution in [1.29, 1.82) is 5.26 Å². The Hall–Kier alpha value is -0.750. The number of nitriles is 1. The minimum Gasteiger partial charge on any atom is -0.312 e. The molecule has 2 nitrogen and oxygen atoms in total. The van der Waals surface area contributed by atoms with Crippen LogP contribution in [0.2, 0.25) is 5.02 Å². The molecule has 0 aliphatic carbocycles. The van der Waals surface area contributed by atoms with E-state index < -0.39 is 6.04 Å². The summed E-state index contributed by atoms with van der Waals surface area (Å²) >= 11 is 5.68. The van der Waals surface area contributed by atoms with Crippen molar-refractivity contribution in [2.75, 3.05) is 0 Å². The van der Waals surface area contributed by atoms with Crippen LogP contribution in [0.1, 0.15) is 11.6 Å². The van der Waals surface area contributed by atoms with Crippen LogP contribution in [0.25, 0.3) is 0 Å². The van der Waals surface area contributed by atoms with E-state index in [2.05, 4.69) is 0 Å². The third-order valence-electron chi connectivity index (χ3n) is 1.35. The Morgan fingerprint density at radius 1 is 1.50 bits per heavy atom. The quantitative estimate of drug-likeness (QED) is 0.761. The first-order valence-electron chi connectivity index (χ1n) is 3.14. The minimum atomic E-state index is -0.575. The topological polar surface area (TPSA) is 49.8 Å². The Morgan fingerprint density at radius 3 is 2.67 bits per heavy atom. The Balaban J connectivity index is 0.00000121. The van der Waals surface area contributed by atoms with Gasteiger partial charge in [-0.1, -0.05) is 23.7 Å². The fraction of sp³-hybridized carbons (Fsp3) is 0.125. The van der Waals surface area contributed by atoms with E-state index in [1.807, 2.05) is 6.07 Å². The summed E-state index contributed by atoms with van der Waals surface area (Å²) in [7, 11) is 0. The molecule has 0 spiro atoms. The maximum Gasteiger partial charge on any atom is 0.118 e. The SMILES string of the molecule is Cl.N#C[C@H](N)c1cccc(Cl)c1. The molecule has 1 atom stereocenters. The molecular formula is C8H8Cl2N2. The van der Waals surface area contributed by atoms with Gasteiger partial charge in [0.05, 0.1) is 6.07 Å². The molecule has 0 aliphatic heterocycles. The predicted octanol–water partition coefficient (Wildman–Crippen LogP) is 2.29. The summed E-state index contributed by atoms with van der Waals surface area (Å²) in [5, 5.41) is 9.07. The van der Waals surface area contributed by atoms with Gasteiger partial charge in [-0.05, 0) is 17.7 Å². The molecule has 0 unspecified atom stereocenters. The van der Waals surface area contributed by atoms with Crippen LogP contribution < -0.4 is 5.73 Å². The van der Waals surface area contributed by atoms with Gasteiger partial charge >= 0.3 is 0 Å². The molecular weight excluding hydrogens is 195 g/mol. The van der Waals surface area contributed by atoms with Crippen LogP contribution in [0.5, 0.6) is 0 Å². The van der Waals surface area contributed by atoms with Gasteiger partial charge in [-0.2, -0.15) is 5.26 Å². The number of hydrogen-bond donors (Lipinski definition) is 1. The molecule has 4 heteroatoms. The van der Waals surface area contributed by atoms with E-state index >= 15 is 0 Å². The lowest BCUT2D eigenvalue weighted by atomic mass is 10.1. The Bertz CT molecular complexity index is 293. The second kappa shape index (κ2) is 5.00. The molecule has 1 aromatic rings. The number of rotatable bonds is 1. The molecule has 2 N–H and O–H groups in total. The molecule has 0 saturated carbocycles.